The molecule has 0 radical (unpaired) electrons. The molecule has 2 aromatic rings. The Morgan fingerprint density at radius 3 is 2.88 bits per heavy atom. The van der Waals surface area contributed by atoms with E-state index in [2.05, 4.69) is 20.6 Å². The summed E-state index contributed by atoms with van der Waals surface area (Å²) in [6, 6.07) is 6.97. The molecule has 1 aromatic carbocycles. The number of aromatic amines is 1. The number of aromatic nitrogens is 3. The molecule has 0 fully saturated rings. The second-order valence-electron chi connectivity index (χ2n) is 5.89. The quantitative estimate of drug-likeness (QED) is 0.441. The molecular formula is C16H21ClN6O2. The Hall–Kier alpha value is -2.61. The number of hydrogen-bond acceptors (Lipinski definition) is 4. The zero-order chi connectivity index (χ0) is 18.4. The first-order valence-corrected chi connectivity index (χ1v) is 8.14. The topological polar surface area (TPSA) is 95.4 Å². The zero-order valence-corrected chi connectivity index (χ0v) is 15.1. The third-order valence-electron chi connectivity index (χ3n) is 3.38. The Morgan fingerprint density at radius 2 is 2.20 bits per heavy atom. The Labute approximate surface area is 150 Å². The summed E-state index contributed by atoms with van der Waals surface area (Å²) in [6.07, 6.45) is 1.97. The standard InChI is InChI=1S/C16H21ClN6O2/c1-11(8-15(24)20-18-10-22(2)3)23-16(25)19-14(21-23)9-12-6-4-5-7-13(12)17/h4-7,10-11H,8-9H2,1-3H3,(H,20,24)(H,19,21,25)/b18-10+. The first-order chi connectivity index (χ1) is 11.9. The predicted molar refractivity (Wildman–Crippen MR) is 96.8 cm³/mol. The number of benzene rings is 1. The molecule has 0 aliphatic rings. The van der Waals surface area contributed by atoms with E-state index in [4.69, 9.17) is 11.6 Å². The zero-order valence-electron chi connectivity index (χ0n) is 14.4. The van der Waals surface area contributed by atoms with Crippen LogP contribution in [-0.4, -0.2) is 46.0 Å². The number of nitrogens with one attached hydrogen (secondary N) is 2. The second kappa shape index (κ2) is 8.48. The van der Waals surface area contributed by atoms with Gasteiger partial charge in [0.05, 0.1) is 12.5 Å². The van der Waals surface area contributed by atoms with E-state index < -0.39 is 6.04 Å². The van der Waals surface area contributed by atoms with Gasteiger partial charge in [0, 0.05) is 25.5 Å². The number of nitrogens with zero attached hydrogens (tertiary/aromatic N) is 4. The van der Waals surface area contributed by atoms with Crippen molar-refractivity contribution < 1.29 is 4.79 Å². The van der Waals surface area contributed by atoms with Crippen molar-refractivity contribution in [2.24, 2.45) is 5.10 Å². The van der Waals surface area contributed by atoms with Crippen LogP contribution in [0, 0.1) is 0 Å². The summed E-state index contributed by atoms with van der Waals surface area (Å²) in [4.78, 5) is 28.3. The van der Waals surface area contributed by atoms with Gasteiger partial charge >= 0.3 is 5.69 Å². The number of halogens is 1. The summed E-state index contributed by atoms with van der Waals surface area (Å²) in [5.41, 5.74) is 2.91. The van der Waals surface area contributed by atoms with Crippen molar-refractivity contribution in [2.45, 2.75) is 25.8 Å². The fourth-order valence-electron chi connectivity index (χ4n) is 2.20. The third kappa shape index (κ3) is 5.46. The van der Waals surface area contributed by atoms with Crippen LogP contribution in [0.15, 0.2) is 34.2 Å². The summed E-state index contributed by atoms with van der Waals surface area (Å²) in [5, 5.41) is 8.67. The molecule has 2 N–H and O–H groups in total. The lowest BCUT2D eigenvalue weighted by Gasteiger charge is -2.09. The van der Waals surface area contributed by atoms with Crippen molar-refractivity contribution in [1.29, 1.82) is 0 Å². The minimum atomic E-state index is -0.404. The van der Waals surface area contributed by atoms with Gasteiger partial charge in [-0.3, -0.25) is 9.78 Å². The number of carbonyl (C=O) groups excluding carboxylic acids is 1. The van der Waals surface area contributed by atoms with Crippen molar-refractivity contribution in [3.63, 3.8) is 0 Å². The molecule has 9 heteroatoms. The highest BCUT2D eigenvalue weighted by atomic mass is 35.5. The normalized spacial score (nSPS) is 12.3. The van der Waals surface area contributed by atoms with E-state index >= 15 is 0 Å². The lowest BCUT2D eigenvalue weighted by atomic mass is 10.1. The molecule has 1 heterocycles. The maximum absolute atomic E-state index is 12.1. The van der Waals surface area contributed by atoms with Crippen molar-refractivity contribution in [2.75, 3.05) is 14.1 Å². The second-order valence-corrected chi connectivity index (χ2v) is 6.29. The smallest absolute Gasteiger partial charge is 0.343 e. The van der Waals surface area contributed by atoms with Gasteiger partial charge < -0.3 is 4.90 Å². The van der Waals surface area contributed by atoms with Crippen LogP contribution in [0.1, 0.15) is 30.8 Å². The minimum absolute atomic E-state index is 0.0844. The highest BCUT2D eigenvalue weighted by molar-refractivity contribution is 6.31. The lowest BCUT2D eigenvalue weighted by molar-refractivity contribution is -0.121. The molecular weight excluding hydrogens is 344 g/mol. The lowest BCUT2D eigenvalue weighted by Crippen LogP contribution is -2.27. The van der Waals surface area contributed by atoms with E-state index in [0.717, 1.165) is 5.56 Å². The van der Waals surface area contributed by atoms with Gasteiger partial charge in [-0.2, -0.15) is 10.2 Å². The SMILES string of the molecule is CC(CC(=O)N/N=C/N(C)C)n1nc(Cc2ccccc2Cl)[nH]c1=O. The van der Waals surface area contributed by atoms with Gasteiger partial charge in [-0.1, -0.05) is 29.8 Å². The number of hydrogen-bond donors (Lipinski definition) is 2. The molecule has 1 unspecified atom stereocenters. The molecule has 2 rings (SSSR count). The van der Waals surface area contributed by atoms with Crippen LogP contribution in [0.25, 0.3) is 0 Å². The molecule has 0 bridgehead atoms. The number of amides is 1. The van der Waals surface area contributed by atoms with Crippen molar-refractivity contribution in [3.05, 3.63) is 51.2 Å². The molecule has 0 saturated carbocycles. The van der Waals surface area contributed by atoms with Crippen LogP contribution < -0.4 is 11.1 Å². The maximum Gasteiger partial charge on any atom is 0.343 e. The molecule has 0 aliphatic heterocycles. The maximum atomic E-state index is 12.1. The molecule has 1 aromatic heterocycles. The van der Waals surface area contributed by atoms with Crippen LogP contribution in [0.5, 0.6) is 0 Å². The minimum Gasteiger partial charge on any atom is -0.367 e. The van der Waals surface area contributed by atoms with E-state index in [1.807, 2.05) is 18.2 Å². The Morgan fingerprint density at radius 1 is 1.48 bits per heavy atom. The predicted octanol–water partition coefficient (Wildman–Crippen LogP) is 1.39. The first-order valence-electron chi connectivity index (χ1n) is 7.76. The van der Waals surface area contributed by atoms with Crippen molar-refractivity contribution >= 4 is 23.8 Å². The van der Waals surface area contributed by atoms with Crippen molar-refractivity contribution in [1.82, 2.24) is 25.1 Å². The van der Waals surface area contributed by atoms with Gasteiger partial charge in [0.25, 0.3) is 0 Å². The molecule has 0 saturated heterocycles. The molecule has 1 atom stereocenters. The third-order valence-corrected chi connectivity index (χ3v) is 3.75. The number of rotatable bonds is 7. The molecule has 134 valence electrons. The summed E-state index contributed by atoms with van der Waals surface area (Å²) in [5.74, 6) is 0.198. The summed E-state index contributed by atoms with van der Waals surface area (Å²) in [7, 11) is 3.59. The van der Waals surface area contributed by atoms with E-state index in [1.54, 1.807) is 32.0 Å². The van der Waals surface area contributed by atoms with Gasteiger partial charge in [0.15, 0.2) is 0 Å². The van der Waals surface area contributed by atoms with E-state index in [1.165, 1.54) is 11.0 Å². The number of H-pyrrole nitrogens is 1. The Bertz CT molecular complexity index is 811. The highest BCUT2D eigenvalue weighted by Crippen LogP contribution is 2.17. The molecule has 0 spiro atoms. The molecule has 0 aliphatic carbocycles. The number of hydrazone groups is 1. The Kier molecular flexibility index (Phi) is 6.35. The van der Waals surface area contributed by atoms with Gasteiger partial charge in [-0.05, 0) is 18.6 Å². The largest absolute Gasteiger partial charge is 0.367 e. The average Bonchev–Trinajstić information content (AvgIpc) is 2.90. The van der Waals surface area contributed by atoms with Gasteiger partial charge in [0.1, 0.15) is 12.2 Å². The van der Waals surface area contributed by atoms with Crippen molar-refractivity contribution in [3.8, 4) is 0 Å². The summed E-state index contributed by atoms with van der Waals surface area (Å²) in [6.45, 7) is 1.75. The fraction of sp³-hybridized carbons (Fsp3) is 0.375. The van der Waals surface area contributed by atoms with Crippen LogP contribution in [0.4, 0.5) is 0 Å². The van der Waals surface area contributed by atoms with E-state index in [0.29, 0.717) is 17.3 Å². The van der Waals surface area contributed by atoms with Crippen LogP contribution in [0.3, 0.4) is 0 Å². The van der Waals surface area contributed by atoms with Crippen LogP contribution in [0.2, 0.25) is 5.02 Å². The summed E-state index contributed by atoms with van der Waals surface area (Å²) < 4.78 is 1.27. The van der Waals surface area contributed by atoms with E-state index in [9.17, 15) is 9.59 Å². The van der Waals surface area contributed by atoms with Crippen LogP contribution in [-0.2, 0) is 11.2 Å². The van der Waals surface area contributed by atoms with Gasteiger partial charge in [-0.25, -0.2) is 14.9 Å². The first kappa shape index (κ1) is 18.7. The van der Waals surface area contributed by atoms with Crippen LogP contribution >= 0.6 is 11.6 Å². The molecule has 1 amide bonds. The fourth-order valence-corrected chi connectivity index (χ4v) is 2.40. The number of carbonyl (C=O) groups is 1. The monoisotopic (exact) mass is 364 g/mol. The Balaban J connectivity index is 2.02. The molecule has 25 heavy (non-hydrogen) atoms. The highest BCUT2D eigenvalue weighted by Gasteiger charge is 2.16. The van der Waals surface area contributed by atoms with Gasteiger partial charge in [-0.15, -0.1) is 0 Å². The van der Waals surface area contributed by atoms with E-state index in [-0.39, 0.29) is 18.0 Å². The van der Waals surface area contributed by atoms with Gasteiger partial charge in [0.2, 0.25) is 5.91 Å². The summed E-state index contributed by atoms with van der Waals surface area (Å²) >= 11 is 6.13. The molecule has 8 nitrogen and oxygen atoms in total. The average molecular weight is 365 g/mol.